The first-order valence-electron chi connectivity index (χ1n) is 8.60. The smallest absolute Gasteiger partial charge is 0.332 e. The minimum absolute atomic E-state index is 0.0190. The van der Waals surface area contributed by atoms with Gasteiger partial charge in [0.15, 0.2) is 5.56 Å². The number of aromatic nitrogens is 2. The van der Waals surface area contributed by atoms with E-state index in [0.717, 1.165) is 17.4 Å². The molecule has 0 radical (unpaired) electrons. The summed E-state index contributed by atoms with van der Waals surface area (Å²) in [5.74, 6) is 0.791. The molecule has 130 valence electrons. The number of rotatable bonds is 2. The maximum absolute atomic E-state index is 12.4. The van der Waals surface area contributed by atoms with Crippen molar-refractivity contribution in [3.05, 3.63) is 26.4 Å². The van der Waals surface area contributed by atoms with Crippen molar-refractivity contribution < 1.29 is 5.11 Å². The van der Waals surface area contributed by atoms with Gasteiger partial charge in [-0.05, 0) is 25.2 Å². The highest BCUT2D eigenvalue weighted by atomic mass is 16.3. The number of nitriles is 1. The van der Waals surface area contributed by atoms with E-state index in [4.69, 9.17) is 0 Å². The van der Waals surface area contributed by atoms with Gasteiger partial charge in [-0.25, -0.2) is 4.79 Å². The fraction of sp³-hybridized carbons (Fsp3) is 0.706. The minimum atomic E-state index is -0.570. The van der Waals surface area contributed by atoms with Crippen molar-refractivity contribution in [2.24, 2.45) is 20.0 Å². The number of aliphatic hydroxyl groups excluding tert-OH is 1. The molecular weight excluding hydrogens is 308 g/mol. The van der Waals surface area contributed by atoms with E-state index in [1.165, 1.54) is 30.9 Å². The van der Waals surface area contributed by atoms with E-state index in [1.54, 1.807) is 7.05 Å². The summed E-state index contributed by atoms with van der Waals surface area (Å²) < 4.78 is 2.33. The summed E-state index contributed by atoms with van der Waals surface area (Å²) in [5.41, 5.74) is -1.04. The molecule has 1 saturated heterocycles. The number of nitrogens with zero attached hydrogens (tertiary/aromatic N) is 4. The maximum Gasteiger partial charge on any atom is 0.332 e. The summed E-state index contributed by atoms with van der Waals surface area (Å²) in [4.78, 5) is 26.6. The lowest BCUT2D eigenvalue weighted by molar-refractivity contribution is 0.185. The Morgan fingerprint density at radius 3 is 2.42 bits per heavy atom. The van der Waals surface area contributed by atoms with Gasteiger partial charge in [-0.15, -0.1) is 0 Å². The van der Waals surface area contributed by atoms with Crippen LogP contribution in [0, 0.1) is 17.2 Å². The van der Waals surface area contributed by atoms with Crippen LogP contribution in [0.25, 0.3) is 0 Å². The van der Waals surface area contributed by atoms with Crippen LogP contribution in [-0.4, -0.2) is 32.9 Å². The van der Waals surface area contributed by atoms with Crippen molar-refractivity contribution in [1.29, 1.82) is 5.26 Å². The molecule has 1 aromatic rings. The van der Waals surface area contributed by atoms with Crippen molar-refractivity contribution in [2.75, 3.05) is 11.4 Å². The molecule has 0 aromatic carbocycles. The van der Waals surface area contributed by atoms with Gasteiger partial charge in [-0.2, -0.15) is 5.26 Å². The van der Waals surface area contributed by atoms with E-state index in [-0.39, 0.29) is 11.6 Å². The lowest BCUT2D eigenvalue weighted by Gasteiger charge is -2.36. The summed E-state index contributed by atoms with van der Waals surface area (Å²) in [6, 6.07) is 2.05. The monoisotopic (exact) mass is 332 g/mol. The molecule has 24 heavy (non-hydrogen) atoms. The highest BCUT2D eigenvalue weighted by Crippen LogP contribution is 2.37. The van der Waals surface area contributed by atoms with Gasteiger partial charge in [-0.3, -0.25) is 13.9 Å². The second kappa shape index (κ2) is 6.44. The topological polar surface area (TPSA) is 91.3 Å². The lowest BCUT2D eigenvalue weighted by Crippen LogP contribution is -2.45. The van der Waals surface area contributed by atoms with E-state index >= 15 is 0 Å². The molecule has 1 N–H and O–H groups in total. The molecule has 1 aliphatic carbocycles. The Balaban J connectivity index is 2.11. The quantitative estimate of drug-likeness (QED) is 0.850. The fourth-order valence-electron chi connectivity index (χ4n) is 4.32. The first kappa shape index (κ1) is 16.8. The van der Waals surface area contributed by atoms with E-state index in [1.807, 2.05) is 11.0 Å². The summed E-state index contributed by atoms with van der Waals surface area (Å²) in [7, 11) is 2.97. The van der Waals surface area contributed by atoms with Crippen LogP contribution in [0.4, 0.5) is 5.82 Å². The van der Waals surface area contributed by atoms with Gasteiger partial charge < -0.3 is 10.0 Å². The largest absolute Gasteiger partial charge is 0.391 e. The van der Waals surface area contributed by atoms with E-state index in [0.29, 0.717) is 24.7 Å². The number of β-amino-alcohol motifs (C(OH)–C–C–N with tert-alkyl or cyclic N) is 1. The SMILES string of the molecule is Cn1c(N2CC(O)CC2C2CCCCC2)c(C#N)c(=O)n(C)c1=O. The zero-order chi connectivity index (χ0) is 17.4. The summed E-state index contributed by atoms with van der Waals surface area (Å²) in [6.45, 7) is 0.357. The van der Waals surface area contributed by atoms with Crippen molar-refractivity contribution in [3.8, 4) is 6.07 Å². The Labute approximate surface area is 140 Å². The number of anilines is 1. The van der Waals surface area contributed by atoms with Crippen LogP contribution in [0.3, 0.4) is 0 Å². The molecular formula is C17H24N4O3. The molecule has 0 amide bonds. The molecule has 0 spiro atoms. The van der Waals surface area contributed by atoms with Crippen molar-refractivity contribution in [2.45, 2.75) is 50.7 Å². The molecule has 2 fully saturated rings. The van der Waals surface area contributed by atoms with Crippen LogP contribution in [0.5, 0.6) is 0 Å². The van der Waals surface area contributed by atoms with Crippen molar-refractivity contribution in [3.63, 3.8) is 0 Å². The highest BCUT2D eigenvalue weighted by Gasteiger charge is 2.39. The number of aliphatic hydroxyl groups is 1. The van der Waals surface area contributed by atoms with E-state index in [9.17, 15) is 20.0 Å². The van der Waals surface area contributed by atoms with E-state index in [2.05, 4.69) is 0 Å². The third kappa shape index (κ3) is 2.65. The molecule has 1 aromatic heterocycles. The molecule has 7 nitrogen and oxygen atoms in total. The Hall–Kier alpha value is -2.07. The lowest BCUT2D eigenvalue weighted by atomic mass is 9.82. The second-order valence-electron chi connectivity index (χ2n) is 7.02. The van der Waals surface area contributed by atoms with Gasteiger partial charge >= 0.3 is 5.69 Å². The molecule has 0 bridgehead atoms. The Kier molecular flexibility index (Phi) is 4.50. The molecule has 2 unspecified atom stereocenters. The Morgan fingerprint density at radius 1 is 1.12 bits per heavy atom. The van der Waals surface area contributed by atoms with Gasteiger partial charge in [0.05, 0.1) is 6.10 Å². The van der Waals surface area contributed by atoms with E-state index < -0.39 is 17.4 Å². The molecule has 7 heteroatoms. The summed E-state index contributed by atoms with van der Waals surface area (Å²) in [5, 5.41) is 19.7. The third-order valence-electron chi connectivity index (χ3n) is 5.53. The summed E-state index contributed by atoms with van der Waals surface area (Å²) >= 11 is 0. The van der Waals surface area contributed by atoms with Crippen LogP contribution < -0.4 is 16.1 Å². The Morgan fingerprint density at radius 2 is 1.79 bits per heavy atom. The molecule has 2 atom stereocenters. The molecule has 3 rings (SSSR count). The first-order valence-corrected chi connectivity index (χ1v) is 8.60. The molecule has 1 saturated carbocycles. The summed E-state index contributed by atoms with van der Waals surface area (Å²) in [6.07, 6.45) is 5.89. The zero-order valence-corrected chi connectivity index (χ0v) is 14.2. The first-order chi connectivity index (χ1) is 11.5. The fourth-order valence-corrected chi connectivity index (χ4v) is 4.32. The van der Waals surface area contributed by atoms with Gasteiger partial charge in [0, 0.05) is 26.7 Å². The second-order valence-corrected chi connectivity index (χ2v) is 7.02. The number of hydrogen-bond donors (Lipinski definition) is 1. The predicted molar refractivity (Wildman–Crippen MR) is 90.0 cm³/mol. The standard InChI is InChI=1S/C17H24N4O3/c1-19-15(13(9-18)16(23)20(2)17(19)24)21-10-12(22)8-14(21)11-6-4-3-5-7-11/h11-12,14,22H,3-8,10H2,1-2H3. The third-order valence-corrected chi connectivity index (χ3v) is 5.53. The van der Waals surface area contributed by atoms with Crippen LogP contribution in [0.1, 0.15) is 44.1 Å². The van der Waals surface area contributed by atoms with Crippen molar-refractivity contribution >= 4 is 5.82 Å². The molecule has 1 aliphatic heterocycles. The predicted octanol–water partition coefficient (Wildman–Crippen LogP) is 0.476. The maximum atomic E-state index is 12.4. The normalized spacial score (nSPS) is 25.0. The molecule has 2 aliphatic rings. The molecule has 2 heterocycles. The minimum Gasteiger partial charge on any atom is -0.391 e. The van der Waals surface area contributed by atoms with Crippen LogP contribution in [0.15, 0.2) is 9.59 Å². The van der Waals surface area contributed by atoms with Gasteiger partial charge in [0.2, 0.25) is 0 Å². The van der Waals surface area contributed by atoms with Gasteiger partial charge in [0.1, 0.15) is 11.9 Å². The van der Waals surface area contributed by atoms with Crippen LogP contribution >= 0.6 is 0 Å². The average Bonchev–Trinajstić information content (AvgIpc) is 2.98. The van der Waals surface area contributed by atoms with Crippen molar-refractivity contribution in [1.82, 2.24) is 9.13 Å². The van der Waals surface area contributed by atoms with Crippen LogP contribution in [-0.2, 0) is 14.1 Å². The van der Waals surface area contributed by atoms with Gasteiger partial charge in [0.25, 0.3) is 5.56 Å². The van der Waals surface area contributed by atoms with Gasteiger partial charge in [-0.1, -0.05) is 19.3 Å². The average molecular weight is 332 g/mol. The van der Waals surface area contributed by atoms with Crippen LogP contribution in [0.2, 0.25) is 0 Å². The highest BCUT2D eigenvalue weighted by molar-refractivity contribution is 5.55. The zero-order valence-electron chi connectivity index (χ0n) is 14.2. The number of hydrogen-bond acceptors (Lipinski definition) is 5. The Bertz CT molecular complexity index is 783.